The molecule has 1 nitrogen and oxygen atoms in total. The Morgan fingerprint density at radius 1 is 1.07 bits per heavy atom. The van der Waals surface area contributed by atoms with Gasteiger partial charge < -0.3 is 4.74 Å². The van der Waals surface area contributed by atoms with E-state index in [1.54, 1.807) is 0 Å². The van der Waals surface area contributed by atoms with E-state index in [0.29, 0.717) is 6.61 Å². The Balaban J connectivity index is 2.88. The molecule has 84 valence electrons. The second-order valence-electron chi connectivity index (χ2n) is 4.31. The maximum atomic E-state index is 5.31. The zero-order valence-electron chi connectivity index (χ0n) is 9.93. The van der Waals surface area contributed by atoms with E-state index >= 15 is 0 Å². The molecule has 0 aliphatic carbocycles. The van der Waals surface area contributed by atoms with Crippen molar-refractivity contribution in [2.45, 2.75) is 52.4 Å². The van der Waals surface area contributed by atoms with Crippen LogP contribution in [0.1, 0.15) is 52.4 Å². The Hall–Kier alpha value is -0.300. The minimum atomic E-state index is 0.702. The van der Waals surface area contributed by atoms with E-state index in [2.05, 4.69) is 20.4 Å². The molecule has 0 aromatic heterocycles. The zero-order chi connectivity index (χ0) is 10.6. The molecule has 0 aliphatic rings. The summed E-state index contributed by atoms with van der Waals surface area (Å²) in [6.45, 7) is 9.80. The lowest BCUT2D eigenvalue weighted by atomic mass is 10.0. The first kappa shape index (κ1) is 13.7. The van der Waals surface area contributed by atoms with Crippen molar-refractivity contribution in [3.8, 4) is 0 Å². The van der Waals surface area contributed by atoms with E-state index in [4.69, 9.17) is 4.74 Å². The molecule has 0 radical (unpaired) electrons. The van der Waals surface area contributed by atoms with Crippen molar-refractivity contribution in [1.29, 1.82) is 0 Å². The van der Waals surface area contributed by atoms with E-state index in [1.165, 1.54) is 38.5 Å². The quantitative estimate of drug-likeness (QED) is 0.378. The van der Waals surface area contributed by atoms with Crippen molar-refractivity contribution in [3.63, 3.8) is 0 Å². The predicted molar refractivity (Wildman–Crippen MR) is 63.6 cm³/mol. The van der Waals surface area contributed by atoms with Crippen LogP contribution >= 0.6 is 0 Å². The maximum Gasteiger partial charge on any atom is 0.0644 e. The maximum absolute atomic E-state index is 5.31. The number of hydrogen-bond donors (Lipinski definition) is 0. The fourth-order valence-corrected chi connectivity index (χ4v) is 1.45. The van der Waals surface area contributed by atoms with Crippen LogP contribution in [0.4, 0.5) is 0 Å². The molecule has 0 N–H and O–H groups in total. The molecular weight excluding hydrogens is 172 g/mol. The molecular formula is C13H26O. The van der Waals surface area contributed by atoms with Crippen LogP contribution in [0.2, 0.25) is 0 Å². The lowest BCUT2D eigenvalue weighted by Crippen LogP contribution is -1.94. The van der Waals surface area contributed by atoms with Crippen LogP contribution in [0.15, 0.2) is 12.7 Å². The Morgan fingerprint density at radius 2 is 1.71 bits per heavy atom. The summed E-state index contributed by atoms with van der Waals surface area (Å²) in [5.74, 6) is 0.867. The van der Waals surface area contributed by atoms with E-state index in [1.807, 2.05) is 6.08 Å². The molecule has 1 heteroatoms. The third-order valence-electron chi connectivity index (χ3n) is 2.31. The van der Waals surface area contributed by atoms with E-state index < -0.39 is 0 Å². The van der Waals surface area contributed by atoms with Gasteiger partial charge >= 0.3 is 0 Å². The fraction of sp³-hybridized carbons (Fsp3) is 0.846. The zero-order valence-corrected chi connectivity index (χ0v) is 9.93. The second kappa shape index (κ2) is 10.8. The normalized spacial score (nSPS) is 10.8. The Morgan fingerprint density at radius 3 is 2.36 bits per heavy atom. The summed E-state index contributed by atoms with van der Waals surface area (Å²) in [5, 5.41) is 0. The first-order valence-electron chi connectivity index (χ1n) is 5.96. The van der Waals surface area contributed by atoms with Crippen molar-refractivity contribution >= 4 is 0 Å². The molecule has 0 amide bonds. The van der Waals surface area contributed by atoms with Crippen molar-refractivity contribution in [3.05, 3.63) is 12.7 Å². The van der Waals surface area contributed by atoms with Crippen molar-refractivity contribution in [2.24, 2.45) is 5.92 Å². The second-order valence-corrected chi connectivity index (χ2v) is 4.31. The lowest BCUT2D eigenvalue weighted by molar-refractivity contribution is 0.157. The van der Waals surface area contributed by atoms with Crippen LogP contribution in [0.25, 0.3) is 0 Å². The third-order valence-corrected chi connectivity index (χ3v) is 2.31. The first-order valence-corrected chi connectivity index (χ1v) is 5.96. The Bertz CT molecular complexity index is 118. The molecule has 0 fully saturated rings. The lowest BCUT2D eigenvalue weighted by Gasteiger charge is -2.04. The highest BCUT2D eigenvalue weighted by molar-refractivity contribution is 4.63. The van der Waals surface area contributed by atoms with Gasteiger partial charge in [0.15, 0.2) is 0 Å². The van der Waals surface area contributed by atoms with Crippen LogP contribution in [0, 0.1) is 5.92 Å². The molecule has 0 unspecified atom stereocenters. The number of rotatable bonds is 10. The highest BCUT2D eigenvalue weighted by atomic mass is 16.5. The van der Waals surface area contributed by atoms with Gasteiger partial charge in [-0.3, -0.25) is 0 Å². The summed E-state index contributed by atoms with van der Waals surface area (Å²) in [4.78, 5) is 0. The topological polar surface area (TPSA) is 9.23 Å². The molecule has 0 aromatic carbocycles. The van der Waals surface area contributed by atoms with Gasteiger partial charge in [-0.1, -0.05) is 52.0 Å². The van der Waals surface area contributed by atoms with Gasteiger partial charge in [0.1, 0.15) is 0 Å². The van der Waals surface area contributed by atoms with Crippen molar-refractivity contribution < 1.29 is 4.74 Å². The van der Waals surface area contributed by atoms with Gasteiger partial charge in [-0.2, -0.15) is 0 Å². The van der Waals surface area contributed by atoms with Crippen LogP contribution in [-0.4, -0.2) is 13.2 Å². The number of unbranched alkanes of at least 4 members (excludes halogenated alkanes) is 4. The summed E-state index contributed by atoms with van der Waals surface area (Å²) in [5.41, 5.74) is 0. The Kier molecular flexibility index (Phi) is 10.5. The number of ether oxygens (including phenoxy) is 1. The molecule has 0 saturated heterocycles. The molecule has 0 heterocycles. The molecule has 0 bridgehead atoms. The van der Waals surface area contributed by atoms with Gasteiger partial charge in [0.2, 0.25) is 0 Å². The van der Waals surface area contributed by atoms with Crippen molar-refractivity contribution in [2.75, 3.05) is 13.2 Å². The SMILES string of the molecule is C=CCOCCCCCCCC(C)C. The monoisotopic (exact) mass is 198 g/mol. The van der Waals surface area contributed by atoms with E-state index in [9.17, 15) is 0 Å². The third kappa shape index (κ3) is 11.7. The molecule has 14 heavy (non-hydrogen) atoms. The van der Waals surface area contributed by atoms with Crippen LogP contribution < -0.4 is 0 Å². The molecule has 0 saturated carbocycles. The van der Waals surface area contributed by atoms with Crippen LogP contribution in [0.5, 0.6) is 0 Å². The highest BCUT2D eigenvalue weighted by Gasteiger charge is 1.94. The van der Waals surface area contributed by atoms with E-state index in [0.717, 1.165) is 12.5 Å². The average molecular weight is 198 g/mol. The van der Waals surface area contributed by atoms with Crippen molar-refractivity contribution in [1.82, 2.24) is 0 Å². The summed E-state index contributed by atoms with van der Waals surface area (Å²) < 4.78 is 5.31. The molecule has 0 spiro atoms. The van der Waals surface area contributed by atoms with Gasteiger partial charge in [0.05, 0.1) is 6.61 Å². The Labute approximate surface area is 89.5 Å². The fourth-order valence-electron chi connectivity index (χ4n) is 1.45. The number of hydrogen-bond acceptors (Lipinski definition) is 1. The van der Waals surface area contributed by atoms with E-state index in [-0.39, 0.29) is 0 Å². The van der Waals surface area contributed by atoms with Gasteiger partial charge in [-0.15, -0.1) is 6.58 Å². The minimum absolute atomic E-state index is 0.702. The first-order chi connectivity index (χ1) is 6.77. The highest BCUT2D eigenvalue weighted by Crippen LogP contribution is 2.10. The van der Waals surface area contributed by atoms with Gasteiger partial charge in [0, 0.05) is 6.61 Å². The largest absolute Gasteiger partial charge is 0.377 e. The standard InChI is InChI=1S/C13H26O/c1-4-11-14-12-9-7-5-6-8-10-13(2)3/h4,13H,1,5-12H2,2-3H3. The molecule has 0 aliphatic heterocycles. The molecule has 0 aromatic rings. The van der Waals surface area contributed by atoms with Gasteiger partial charge in [0.25, 0.3) is 0 Å². The smallest absolute Gasteiger partial charge is 0.0644 e. The summed E-state index contributed by atoms with van der Waals surface area (Å²) >= 11 is 0. The molecule has 0 rings (SSSR count). The van der Waals surface area contributed by atoms with Crippen LogP contribution in [-0.2, 0) is 4.74 Å². The summed E-state index contributed by atoms with van der Waals surface area (Å²) in [6.07, 6.45) is 9.86. The average Bonchev–Trinajstić information content (AvgIpc) is 2.15. The summed E-state index contributed by atoms with van der Waals surface area (Å²) in [6, 6.07) is 0. The van der Waals surface area contributed by atoms with Gasteiger partial charge in [-0.25, -0.2) is 0 Å². The van der Waals surface area contributed by atoms with Crippen LogP contribution in [0.3, 0.4) is 0 Å². The van der Waals surface area contributed by atoms with Gasteiger partial charge in [-0.05, 0) is 12.3 Å². The predicted octanol–water partition coefficient (Wildman–Crippen LogP) is 4.19. The minimum Gasteiger partial charge on any atom is -0.377 e. The molecule has 0 atom stereocenters. The summed E-state index contributed by atoms with van der Waals surface area (Å²) in [7, 11) is 0.